The number of hydrogen-bond donors (Lipinski definition) is 0. The molecule has 0 bridgehead atoms. The Hall–Kier alpha value is -0.690. The van der Waals surface area contributed by atoms with Gasteiger partial charge in [0.15, 0.2) is 0 Å². The van der Waals surface area contributed by atoms with Crippen LogP contribution in [0, 0.1) is 0 Å². The Morgan fingerprint density at radius 1 is 1.36 bits per heavy atom. The second kappa shape index (κ2) is 3.82. The number of rotatable bonds is 3. The summed E-state index contributed by atoms with van der Waals surface area (Å²) in [6, 6.07) is 5.94. The van der Waals surface area contributed by atoms with Crippen molar-refractivity contribution in [1.29, 1.82) is 0 Å². The molecule has 1 saturated carbocycles. The van der Waals surface area contributed by atoms with Crippen LogP contribution in [0.3, 0.4) is 0 Å². The normalized spacial score (nSPS) is 16.0. The van der Waals surface area contributed by atoms with Gasteiger partial charge in [-0.2, -0.15) is 0 Å². The zero-order valence-corrected chi connectivity index (χ0v) is 9.34. The summed E-state index contributed by atoms with van der Waals surface area (Å²) < 4.78 is 5.71. The highest BCUT2D eigenvalue weighted by Gasteiger charge is 2.23. The fraction of sp³-hybridized carbons (Fsp3) is 0.500. The molecule has 0 heterocycles. The molecular weight excluding hydrogens is 196 g/mol. The molecule has 1 aromatic carbocycles. The molecular formula is C12H15ClO. The Bertz CT molecular complexity index is 329. The molecule has 1 nitrogen and oxygen atoms in total. The van der Waals surface area contributed by atoms with Crippen molar-refractivity contribution in [2.45, 2.75) is 38.7 Å². The lowest BCUT2D eigenvalue weighted by Crippen LogP contribution is -1.97. The third-order valence-corrected chi connectivity index (χ3v) is 2.76. The van der Waals surface area contributed by atoms with E-state index in [1.54, 1.807) is 0 Å². The first-order valence-electron chi connectivity index (χ1n) is 5.13. The zero-order valence-electron chi connectivity index (χ0n) is 8.59. The van der Waals surface area contributed by atoms with E-state index in [0.29, 0.717) is 12.0 Å². The van der Waals surface area contributed by atoms with Gasteiger partial charge in [-0.05, 0) is 42.5 Å². The first-order valence-corrected chi connectivity index (χ1v) is 5.50. The van der Waals surface area contributed by atoms with E-state index in [1.807, 2.05) is 12.1 Å². The van der Waals surface area contributed by atoms with Crippen LogP contribution in [0.15, 0.2) is 18.2 Å². The minimum atomic E-state index is 0.449. The van der Waals surface area contributed by atoms with E-state index in [1.165, 1.54) is 18.4 Å². The molecule has 2 heteroatoms. The van der Waals surface area contributed by atoms with Crippen molar-refractivity contribution in [2.75, 3.05) is 0 Å². The third-order valence-electron chi connectivity index (χ3n) is 2.42. The van der Waals surface area contributed by atoms with Gasteiger partial charge in [-0.15, -0.1) is 0 Å². The largest absolute Gasteiger partial charge is 0.490 e. The molecule has 0 aliphatic heterocycles. The molecule has 1 aliphatic rings. The van der Waals surface area contributed by atoms with Gasteiger partial charge >= 0.3 is 0 Å². The van der Waals surface area contributed by atoms with E-state index in [4.69, 9.17) is 16.3 Å². The van der Waals surface area contributed by atoms with Crippen molar-refractivity contribution >= 4 is 11.6 Å². The number of benzene rings is 1. The molecule has 76 valence electrons. The van der Waals surface area contributed by atoms with Gasteiger partial charge in [0.05, 0.1) is 6.10 Å². The molecule has 0 saturated heterocycles. The molecule has 0 N–H and O–H groups in total. The van der Waals surface area contributed by atoms with Gasteiger partial charge in [-0.3, -0.25) is 0 Å². The Morgan fingerprint density at radius 3 is 2.64 bits per heavy atom. The quantitative estimate of drug-likeness (QED) is 0.733. The second-order valence-corrected chi connectivity index (χ2v) is 4.56. The molecule has 14 heavy (non-hydrogen) atoms. The van der Waals surface area contributed by atoms with Gasteiger partial charge in [-0.25, -0.2) is 0 Å². The minimum Gasteiger partial charge on any atom is -0.490 e. The van der Waals surface area contributed by atoms with Crippen LogP contribution in [0.5, 0.6) is 5.75 Å². The average Bonchev–Trinajstić information content (AvgIpc) is 2.92. The van der Waals surface area contributed by atoms with Gasteiger partial charge in [0.1, 0.15) is 5.75 Å². The third kappa shape index (κ3) is 2.21. The van der Waals surface area contributed by atoms with E-state index in [-0.39, 0.29) is 0 Å². The van der Waals surface area contributed by atoms with Gasteiger partial charge in [-0.1, -0.05) is 25.4 Å². The maximum absolute atomic E-state index is 6.09. The highest BCUT2D eigenvalue weighted by Crippen LogP contribution is 2.32. The standard InChI is InChI=1S/C12H15ClO/c1-8(2)11-7-10(5-6-12(11)13)14-9-3-4-9/h5-9H,3-4H2,1-2H3. The number of halogens is 1. The highest BCUT2D eigenvalue weighted by atomic mass is 35.5. The van der Waals surface area contributed by atoms with Crippen molar-refractivity contribution < 1.29 is 4.74 Å². The molecule has 1 fully saturated rings. The molecule has 0 unspecified atom stereocenters. The summed E-state index contributed by atoms with van der Waals surface area (Å²) in [5.74, 6) is 1.41. The predicted octanol–water partition coefficient (Wildman–Crippen LogP) is 4.00. The summed E-state index contributed by atoms with van der Waals surface area (Å²) in [4.78, 5) is 0. The molecule has 2 rings (SSSR count). The predicted molar refractivity (Wildman–Crippen MR) is 59.2 cm³/mol. The van der Waals surface area contributed by atoms with E-state index in [9.17, 15) is 0 Å². The van der Waals surface area contributed by atoms with Crippen LogP contribution in [0.2, 0.25) is 5.02 Å². The smallest absolute Gasteiger partial charge is 0.120 e. The lowest BCUT2D eigenvalue weighted by molar-refractivity contribution is 0.303. The summed E-state index contributed by atoms with van der Waals surface area (Å²) in [7, 11) is 0. The Morgan fingerprint density at radius 2 is 2.07 bits per heavy atom. The van der Waals surface area contributed by atoms with Crippen molar-refractivity contribution in [3.05, 3.63) is 28.8 Å². The highest BCUT2D eigenvalue weighted by molar-refractivity contribution is 6.31. The minimum absolute atomic E-state index is 0.449. The average molecular weight is 211 g/mol. The first kappa shape index (κ1) is 9.85. The first-order chi connectivity index (χ1) is 6.66. The monoisotopic (exact) mass is 210 g/mol. The molecule has 1 aromatic rings. The van der Waals surface area contributed by atoms with Crippen molar-refractivity contribution in [2.24, 2.45) is 0 Å². The van der Waals surface area contributed by atoms with Crippen LogP contribution in [-0.2, 0) is 0 Å². The van der Waals surface area contributed by atoms with Gasteiger partial charge in [0.2, 0.25) is 0 Å². The van der Waals surface area contributed by atoms with Gasteiger partial charge < -0.3 is 4.74 Å². The van der Waals surface area contributed by atoms with Crippen molar-refractivity contribution in [3.63, 3.8) is 0 Å². The molecule has 0 atom stereocenters. The lowest BCUT2D eigenvalue weighted by atomic mass is 10.0. The Kier molecular flexibility index (Phi) is 2.69. The van der Waals surface area contributed by atoms with E-state index in [2.05, 4.69) is 19.9 Å². The fourth-order valence-corrected chi connectivity index (χ4v) is 1.75. The van der Waals surface area contributed by atoms with Crippen LogP contribution < -0.4 is 4.74 Å². The fourth-order valence-electron chi connectivity index (χ4n) is 1.42. The van der Waals surface area contributed by atoms with E-state index in [0.717, 1.165) is 10.8 Å². The SMILES string of the molecule is CC(C)c1cc(OC2CC2)ccc1Cl. The van der Waals surface area contributed by atoms with Crippen molar-refractivity contribution in [1.82, 2.24) is 0 Å². The van der Waals surface area contributed by atoms with Gasteiger partial charge in [0, 0.05) is 5.02 Å². The molecule has 0 spiro atoms. The van der Waals surface area contributed by atoms with Crippen LogP contribution in [0.25, 0.3) is 0 Å². The van der Waals surface area contributed by atoms with Crippen molar-refractivity contribution in [3.8, 4) is 5.75 Å². The van der Waals surface area contributed by atoms with Crippen LogP contribution in [0.1, 0.15) is 38.2 Å². The summed E-state index contributed by atoms with van der Waals surface area (Å²) in [5.41, 5.74) is 1.17. The molecule has 0 radical (unpaired) electrons. The molecule has 0 aromatic heterocycles. The van der Waals surface area contributed by atoms with Gasteiger partial charge in [0.25, 0.3) is 0 Å². The number of ether oxygens (including phenoxy) is 1. The summed E-state index contributed by atoms with van der Waals surface area (Å²) in [6.45, 7) is 4.28. The topological polar surface area (TPSA) is 9.23 Å². The lowest BCUT2D eigenvalue weighted by Gasteiger charge is -2.11. The maximum atomic E-state index is 6.09. The van der Waals surface area contributed by atoms with Crippen LogP contribution in [0.4, 0.5) is 0 Å². The zero-order chi connectivity index (χ0) is 10.1. The summed E-state index contributed by atoms with van der Waals surface area (Å²) in [6.07, 6.45) is 2.84. The molecule has 1 aliphatic carbocycles. The Labute approximate surface area is 90.0 Å². The number of hydrogen-bond acceptors (Lipinski definition) is 1. The summed E-state index contributed by atoms with van der Waals surface area (Å²) in [5, 5.41) is 0.836. The van der Waals surface area contributed by atoms with Crippen LogP contribution in [-0.4, -0.2) is 6.10 Å². The van der Waals surface area contributed by atoms with Crippen LogP contribution >= 0.6 is 11.6 Å². The second-order valence-electron chi connectivity index (χ2n) is 4.16. The Balaban J connectivity index is 2.20. The van der Waals surface area contributed by atoms with E-state index >= 15 is 0 Å². The van der Waals surface area contributed by atoms with E-state index < -0.39 is 0 Å². The maximum Gasteiger partial charge on any atom is 0.120 e. The summed E-state index contributed by atoms with van der Waals surface area (Å²) >= 11 is 6.09. The molecule has 0 amide bonds.